The van der Waals surface area contributed by atoms with Gasteiger partial charge in [-0.15, -0.1) is 6.58 Å². The third-order valence-electron chi connectivity index (χ3n) is 2.15. The monoisotopic (exact) mass is 333 g/mol. The van der Waals surface area contributed by atoms with Gasteiger partial charge in [0.05, 0.1) is 8.95 Å². The Labute approximate surface area is 106 Å². The van der Waals surface area contributed by atoms with Crippen molar-refractivity contribution < 1.29 is 5.11 Å². The highest BCUT2D eigenvalue weighted by Crippen LogP contribution is 2.35. The second-order valence-electron chi connectivity index (χ2n) is 3.31. The van der Waals surface area contributed by atoms with Crippen LogP contribution in [0.5, 0.6) is 5.75 Å². The Morgan fingerprint density at radius 3 is 2.40 bits per heavy atom. The van der Waals surface area contributed by atoms with Gasteiger partial charge in [-0.05, 0) is 62.4 Å². The summed E-state index contributed by atoms with van der Waals surface area (Å²) in [5, 5.41) is 9.54. The van der Waals surface area contributed by atoms with Gasteiger partial charge in [0, 0.05) is 6.04 Å². The highest BCUT2D eigenvalue weighted by Gasteiger charge is 2.10. The van der Waals surface area contributed by atoms with E-state index < -0.39 is 0 Å². The molecule has 82 valence electrons. The number of nitrogens with two attached hydrogens (primary N) is 1. The Morgan fingerprint density at radius 1 is 1.40 bits per heavy atom. The van der Waals surface area contributed by atoms with Crippen molar-refractivity contribution in [3.63, 3.8) is 0 Å². The normalized spacial score (nSPS) is 12.5. The predicted molar refractivity (Wildman–Crippen MR) is 69.9 cm³/mol. The maximum Gasteiger partial charge on any atom is 0.143 e. The molecule has 1 rings (SSSR count). The van der Waals surface area contributed by atoms with Gasteiger partial charge in [-0.2, -0.15) is 0 Å². The van der Waals surface area contributed by atoms with Crippen LogP contribution in [0.2, 0.25) is 0 Å². The number of aromatic hydroxyl groups is 1. The Morgan fingerprint density at radius 2 is 1.93 bits per heavy atom. The number of allylic oxidation sites excluding steroid dienone is 1. The first-order chi connectivity index (χ1) is 7.06. The number of phenolic OH excluding ortho intramolecular Hbond substituents is 1. The SMILES string of the molecule is C=CCC[C@@H](N)c1cc(Br)c(O)c(Br)c1. The lowest BCUT2D eigenvalue weighted by Gasteiger charge is -2.12. The fourth-order valence-electron chi connectivity index (χ4n) is 1.26. The molecule has 0 spiro atoms. The van der Waals surface area contributed by atoms with Crippen molar-refractivity contribution in [2.75, 3.05) is 0 Å². The van der Waals surface area contributed by atoms with E-state index in [-0.39, 0.29) is 11.8 Å². The molecule has 0 aliphatic rings. The molecule has 3 N–H and O–H groups in total. The van der Waals surface area contributed by atoms with Gasteiger partial charge >= 0.3 is 0 Å². The molecule has 0 saturated carbocycles. The maximum atomic E-state index is 9.54. The summed E-state index contributed by atoms with van der Waals surface area (Å²) in [4.78, 5) is 0. The van der Waals surface area contributed by atoms with Crippen molar-refractivity contribution in [1.82, 2.24) is 0 Å². The minimum Gasteiger partial charge on any atom is -0.506 e. The van der Waals surface area contributed by atoms with Crippen molar-refractivity contribution in [3.05, 3.63) is 39.3 Å². The molecule has 0 heterocycles. The zero-order valence-corrected chi connectivity index (χ0v) is 11.4. The van der Waals surface area contributed by atoms with Gasteiger partial charge in [0.15, 0.2) is 0 Å². The average Bonchev–Trinajstić information content (AvgIpc) is 2.21. The molecule has 0 saturated heterocycles. The summed E-state index contributed by atoms with van der Waals surface area (Å²) in [5.74, 6) is 0.203. The first-order valence-electron chi connectivity index (χ1n) is 4.60. The smallest absolute Gasteiger partial charge is 0.143 e. The molecule has 1 atom stereocenters. The molecule has 0 radical (unpaired) electrons. The average molecular weight is 335 g/mol. The summed E-state index contributed by atoms with van der Waals surface area (Å²) in [6.07, 6.45) is 3.59. The minimum absolute atomic E-state index is 0.0313. The molecule has 15 heavy (non-hydrogen) atoms. The van der Waals surface area contributed by atoms with Crippen LogP contribution >= 0.6 is 31.9 Å². The number of hydrogen-bond acceptors (Lipinski definition) is 2. The van der Waals surface area contributed by atoms with Crippen LogP contribution in [0.15, 0.2) is 33.7 Å². The highest BCUT2D eigenvalue weighted by molar-refractivity contribution is 9.11. The van der Waals surface area contributed by atoms with Crippen LogP contribution in [0, 0.1) is 0 Å². The van der Waals surface area contributed by atoms with Crippen LogP contribution in [0.3, 0.4) is 0 Å². The van der Waals surface area contributed by atoms with Crippen molar-refractivity contribution in [2.24, 2.45) is 5.73 Å². The van der Waals surface area contributed by atoms with Gasteiger partial charge in [0.25, 0.3) is 0 Å². The van der Waals surface area contributed by atoms with E-state index in [0.29, 0.717) is 8.95 Å². The van der Waals surface area contributed by atoms with Crippen LogP contribution < -0.4 is 5.73 Å². The van der Waals surface area contributed by atoms with Crippen LogP contribution in [-0.4, -0.2) is 5.11 Å². The number of halogens is 2. The minimum atomic E-state index is -0.0313. The summed E-state index contributed by atoms with van der Waals surface area (Å²) in [7, 11) is 0. The van der Waals surface area contributed by atoms with Crippen LogP contribution in [0.4, 0.5) is 0 Å². The summed E-state index contributed by atoms with van der Waals surface area (Å²) in [6, 6.07) is 3.65. The van der Waals surface area contributed by atoms with Gasteiger partial charge in [-0.25, -0.2) is 0 Å². The summed E-state index contributed by atoms with van der Waals surface area (Å²) < 4.78 is 1.31. The van der Waals surface area contributed by atoms with Gasteiger partial charge in [-0.3, -0.25) is 0 Å². The second kappa shape index (κ2) is 5.68. The highest BCUT2D eigenvalue weighted by atomic mass is 79.9. The third kappa shape index (κ3) is 3.33. The molecule has 1 aromatic rings. The lowest BCUT2D eigenvalue weighted by Crippen LogP contribution is -2.09. The molecule has 0 aromatic heterocycles. The van der Waals surface area contributed by atoms with Gasteiger partial charge in [-0.1, -0.05) is 6.08 Å². The lowest BCUT2D eigenvalue weighted by atomic mass is 10.0. The van der Waals surface area contributed by atoms with Crippen LogP contribution in [0.25, 0.3) is 0 Å². The molecule has 0 bridgehead atoms. The largest absolute Gasteiger partial charge is 0.506 e. The van der Waals surface area contributed by atoms with Crippen molar-refractivity contribution in [1.29, 1.82) is 0 Å². The van der Waals surface area contributed by atoms with E-state index in [1.165, 1.54) is 0 Å². The lowest BCUT2D eigenvalue weighted by molar-refractivity contribution is 0.467. The van der Waals surface area contributed by atoms with Crippen molar-refractivity contribution in [3.8, 4) is 5.75 Å². The molecule has 0 aliphatic heterocycles. The van der Waals surface area contributed by atoms with E-state index in [0.717, 1.165) is 18.4 Å². The molecule has 0 unspecified atom stereocenters. The molecule has 2 nitrogen and oxygen atoms in total. The molecular weight excluding hydrogens is 322 g/mol. The van der Waals surface area contributed by atoms with E-state index in [2.05, 4.69) is 38.4 Å². The Balaban J connectivity index is 2.90. The molecule has 0 aliphatic carbocycles. The Kier molecular flexibility index (Phi) is 4.83. The molecule has 1 aromatic carbocycles. The number of hydrogen-bond donors (Lipinski definition) is 2. The van der Waals surface area contributed by atoms with Crippen LogP contribution in [-0.2, 0) is 0 Å². The first-order valence-corrected chi connectivity index (χ1v) is 6.19. The topological polar surface area (TPSA) is 46.2 Å². The van der Waals surface area contributed by atoms with Crippen molar-refractivity contribution >= 4 is 31.9 Å². The number of phenols is 1. The fourth-order valence-corrected chi connectivity index (χ4v) is 2.49. The predicted octanol–water partition coefficient (Wildman–Crippen LogP) is 3.88. The maximum absolute atomic E-state index is 9.54. The summed E-state index contributed by atoms with van der Waals surface area (Å²) in [6.45, 7) is 3.66. The second-order valence-corrected chi connectivity index (χ2v) is 5.01. The van der Waals surface area contributed by atoms with E-state index in [1.807, 2.05) is 18.2 Å². The van der Waals surface area contributed by atoms with E-state index in [1.54, 1.807) is 0 Å². The van der Waals surface area contributed by atoms with E-state index in [4.69, 9.17) is 5.73 Å². The molecule has 0 amide bonds. The molecule has 4 heteroatoms. The summed E-state index contributed by atoms with van der Waals surface area (Å²) in [5.41, 5.74) is 6.99. The van der Waals surface area contributed by atoms with E-state index >= 15 is 0 Å². The van der Waals surface area contributed by atoms with Gasteiger partial charge in [0.1, 0.15) is 5.75 Å². The van der Waals surface area contributed by atoms with E-state index in [9.17, 15) is 5.11 Å². The first kappa shape index (κ1) is 12.7. The van der Waals surface area contributed by atoms with Gasteiger partial charge < -0.3 is 10.8 Å². The fraction of sp³-hybridized carbons (Fsp3) is 0.273. The zero-order valence-electron chi connectivity index (χ0n) is 8.21. The summed E-state index contributed by atoms with van der Waals surface area (Å²) >= 11 is 6.56. The Hall–Kier alpha value is -0.320. The zero-order chi connectivity index (χ0) is 11.4. The standard InChI is InChI=1S/C11H13Br2NO/c1-2-3-4-10(14)7-5-8(12)11(15)9(13)6-7/h2,5-6,10,15H,1,3-4,14H2/t10-/m1/s1. The Bertz CT molecular complexity index is 343. The quantitative estimate of drug-likeness (QED) is 0.821. The van der Waals surface area contributed by atoms with Gasteiger partial charge in [0.2, 0.25) is 0 Å². The van der Waals surface area contributed by atoms with Crippen molar-refractivity contribution in [2.45, 2.75) is 18.9 Å². The number of rotatable bonds is 4. The third-order valence-corrected chi connectivity index (χ3v) is 3.36. The molecule has 0 fully saturated rings. The molecular formula is C11H13Br2NO. The van der Waals surface area contributed by atoms with Crippen LogP contribution in [0.1, 0.15) is 24.4 Å². The number of benzene rings is 1.